The molecule has 45 heavy (non-hydrogen) atoms. The molecule has 0 radical (unpaired) electrons. The fourth-order valence-electron chi connectivity index (χ4n) is 7.22. The van der Waals surface area contributed by atoms with Crippen LogP contribution in [-0.4, -0.2) is 28.0 Å². The molecule has 1 unspecified atom stereocenters. The zero-order chi connectivity index (χ0) is 31.0. The molecule has 1 saturated carbocycles. The summed E-state index contributed by atoms with van der Waals surface area (Å²) in [5, 5.41) is 0.988. The van der Waals surface area contributed by atoms with E-state index < -0.39 is 23.0 Å². The first kappa shape index (κ1) is 27.8. The van der Waals surface area contributed by atoms with Crippen molar-refractivity contribution in [2.24, 2.45) is 5.41 Å². The van der Waals surface area contributed by atoms with Gasteiger partial charge >= 0.3 is 6.18 Å². The third kappa shape index (κ3) is 4.40. The van der Waals surface area contributed by atoms with E-state index in [1.54, 1.807) is 17.4 Å². The second-order valence-electron chi connectivity index (χ2n) is 12.0. The van der Waals surface area contributed by atoms with Crippen molar-refractivity contribution in [1.29, 1.82) is 0 Å². The Balaban J connectivity index is 1.18. The largest absolute Gasteiger partial charge is 0.419 e. The molecule has 1 atom stereocenters. The fraction of sp³-hybridized carbons (Fsp3) is 0.229. The van der Waals surface area contributed by atoms with Crippen molar-refractivity contribution >= 4 is 43.4 Å². The van der Waals surface area contributed by atoms with Gasteiger partial charge in [0.1, 0.15) is 11.6 Å². The van der Waals surface area contributed by atoms with Crippen molar-refractivity contribution in [3.63, 3.8) is 0 Å². The van der Waals surface area contributed by atoms with E-state index in [-0.39, 0.29) is 16.4 Å². The zero-order valence-corrected chi connectivity index (χ0v) is 24.6. The number of fused-ring (bicyclic) bond motifs is 2. The summed E-state index contributed by atoms with van der Waals surface area (Å²) in [6.45, 7) is 8.93. The van der Waals surface area contributed by atoms with Crippen molar-refractivity contribution in [3.8, 4) is 11.1 Å². The minimum absolute atomic E-state index is 0.166. The van der Waals surface area contributed by atoms with Gasteiger partial charge in [-0.05, 0) is 65.6 Å². The lowest BCUT2D eigenvalue weighted by atomic mass is 9.79. The molecular weight excluding hydrogens is 598 g/mol. The minimum atomic E-state index is -4.81. The van der Waals surface area contributed by atoms with Crippen LogP contribution in [0.1, 0.15) is 36.2 Å². The number of rotatable bonds is 4. The fourth-order valence-corrected chi connectivity index (χ4v) is 8.24. The second kappa shape index (κ2) is 9.88. The van der Waals surface area contributed by atoms with Crippen LogP contribution in [0.4, 0.5) is 28.4 Å². The highest BCUT2D eigenvalue weighted by Gasteiger charge is 2.70. The molecule has 3 heterocycles. The van der Waals surface area contributed by atoms with E-state index >= 15 is 0 Å². The molecule has 2 aliphatic rings. The van der Waals surface area contributed by atoms with Gasteiger partial charge in [-0.1, -0.05) is 65.9 Å². The third-order valence-corrected chi connectivity index (χ3v) is 10.7. The number of hydrogen-bond donors (Lipinski definition) is 1. The monoisotopic (exact) mass is 623 g/mol. The molecular formula is C35H25F4N5S. The molecule has 2 fully saturated rings. The van der Waals surface area contributed by atoms with Crippen LogP contribution in [0.15, 0.2) is 84.9 Å². The smallest absolute Gasteiger partial charge is 0.348 e. The van der Waals surface area contributed by atoms with Gasteiger partial charge in [0.2, 0.25) is 0 Å². The van der Waals surface area contributed by atoms with Gasteiger partial charge in [0, 0.05) is 19.2 Å². The van der Waals surface area contributed by atoms with Crippen molar-refractivity contribution in [2.45, 2.75) is 30.9 Å². The van der Waals surface area contributed by atoms with Gasteiger partial charge in [-0.3, -0.25) is 0 Å². The first-order valence-corrected chi connectivity index (χ1v) is 15.5. The molecule has 6 aromatic rings. The van der Waals surface area contributed by atoms with E-state index in [1.807, 2.05) is 48.5 Å². The molecule has 10 heteroatoms. The Morgan fingerprint density at radius 2 is 1.64 bits per heavy atom. The minimum Gasteiger partial charge on any atom is -0.348 e. The van der Waals surface area contributed by atoms with E-state index in [0.29, 0.717) is 11.5 Å². The van der Waals surface area contributed by atoms with Gasteiger partial charge in [0.25, 0.3) is 0 Å². The molecule has 0 amide bonds. The lowest BCUT2D eigenvalue weighted by molar-refractivity contribution is -0.139. The number of H-pyrrole nitrogens is 1. The van der Waals surface area contributed by atoms with Crippen LogP contribution in [0.5, 0.6) is 0 Å². The normalized spacial score (nSPS) is 19.3. The Labute approximate surface area is 260 Å². The summed E-state index contributed by atoms with van der Waals surface area (Å²) in [5.41, 5.74) is 2.73. The Bertz CT molecular complexity index is 2100. The first-order chi connectivity index (χ1) is 21.7. The summed E-state index contributed by atoms with van der Waals surface area (Å²) in [6.07, 6.45) is -2.35. The topological polar surface area (TPSA) is 49.2 Å². The van der Waals surface area contributed by atoms with E-state index in [4.69, 9.17) is 16.5 Å². The highest BCUT2D eigenvalue weighted by atomic mass is 32.1. The first-order valence-electron chi connectivity index (χ1n) is 14.7. The Morgan fingerprint density at radius 1 is 0.867 bits per heavy atom. The number of alkyl halides is 3. The van der Waals surface area contributed by atoms with Gasteiger partial charge in [-0.15, -0.1) is 0 Å². The maximum absolute atomic E-state index is 14.5. The third-order valence-electron chi connectivity index (χ3n) is 9.62. The molecule has 4 aromatic carbocycles. The molecule has 1 spiro atoms. The predicted molar refractivity (Wildman–Crippen MR) is 168 cm³/mol. The second-order valence-corrected chi connectivity index (χ2v) is 13.0. The molecule has 1 N–H and O–H groups in total. The average molecular weight is 624 g/mol. The lowest BCUT2D eigenvalue weighted by Gasteiger charge is -2.35. The van der Waals surface area contributed by atoms with Crippen LogP contribution in [0.3, 0.4) is 0 Å². The molecule has 1 aliphatic carbocycles. The van der Waals surface area contributed by atoms with Gasteiger partial charge in [-0.25, -0.2) is 19.2 Å². The summed E-state index contributed by atoms with van der Waals surface area (Å²) in [5.74, 6) is -0.768. The summed E-state index contributed by atoms with van der Waals surface area (Å²) in [4.78, 5) is 18.7. The summed E-state index contributed by atoms with van der Waals surface area (Å²) in [7, 11) is 0. The SMILES string of the molecule is [C-]#[N+]c1cccc(-c2ccc(C3(c4nc5cc(F)c(C(F)(F)F)cc5[nH]4)CC34CCN(c3nc5ccccc5s3)CC4)cc2)c1. The number of halogens is 4. The Kier molecular flexibility index (Phi) is 6.10. The standard InChI is InChI=1S/C35H25F4N5S/c1-40-24-6-4-5-22(17-24)21-9-11-23(12-10-21)34(31-41-28-18-25(35(37,38)39)26(36)19-29(28)42-31)20-33(34)13-15-44(16-14-33)32-43-27-7-2-3-8-30(27)45-32/h2-12,17-19H,13-16,20H2,(H,41,42). The summed E-state index contributed by atoms with van der Waals surface area (Å²) >= 11 is 1.68. The van der Waals surface area contributed by atoms with Crippen LogP contribution in [0.25, 0.3) is 37.2 Å². The summed E-state index contributed by atoms with van der Waals surface area (Å²) in [6, 6.07) is 25.4. The number of benzene rings is 4. The number of para-hydroxylation sites is 1. The van der Waals surface area contributed by atoms with Crippen LogP contribution in [-0.2, 0) is 11.6 Å². The Hall–Kier alpha value is -4.75. The number of aromatic amines is 1. The molecule has 0 bridgehead atoms. The number of nitrogens with zero attached hydrogens (tertiary/aromatic N) is 4. The van der Waals surface area contributed by atoms with E-state index in [2.05, 4.69) is 32.9 Å². The zero-order valence-electron chi connectivity index (χ0n) is 23.8. The number of nitrogens with one attached hydrogen (secondary N) is 1. The molecule has 224 valence electrons. The van der Waals surface area contributed by atoms with Crippen molar-refractivity contribution in [1.82, 2.24) is 15.0 Å². The average Bonchev–Trinajstić information content (AvgIpc) is 3.31. The van der Waals surface area contributed by atoms with E-state index in [1.165, 1.54) is 0 Å². The highest BCUT2D eigenvalue weighted by molar-refractivity contribution is 7.22. The maximum atomic E-state index is 14.5. The highest BCUT2D eigenvalue weighted by Crippen LogP contribution is 2.72. The quantitative estimate of drug-likeness (QED) is 0.157. The lowest BCUT2D eigenvalue weighted by Crippen LogP contribution is -2.38. The van der Waals surface area contributed by atoms with Crippen LogP contribution in [0.2, 0.25) is 0 Å². The van der Waals surface area contributed by atoms with E-state index in [9.17, 15) is 17.6 Å². The number of piperidine rings is 1. The molecule has 1 saturated heterocycles. The number of aromatic nitrogens is 3. The summed E-state index contributed by atoms with van der Waals surface area (Å²) < 4.78 is 56.3. The molecule has 5 nitrogen and oxygen atoms in total. The number of hydrogen-bond acceptors (Lipinski definition) is 4. The van der Waals surface area contributed by atoms with Gasteiger partial charge in [0.05, 0.1) is 38.8 Å². The Morgan fingerprint density at radius 3 is 2.38 bits per heavy atom. The maximum Gasteiger partial charge on any atom is 0.419 e. The van der Waals surface area contributed by atoms with Gasteiger partial charge < -0.3 is 9.88 Å². The van der Waals surface area contributed by atoms with Crippen LogP contribution in [0, 0.1) is 17.8 Å². The van der Waals surface area contributed by atoms with Crippen molar-refractivity contribution in [3.05, 3.63) is 119 Å². The van der Waals surface area contributed by atoms with Crippen molar-refractivity contribution in [2.75, 3.05) is 18.0 Å². The van der Waals surface area contributed by atoms with E-state index in [0.717, 1.165) is 76.5 Å². The van der Waals surface area contributed by atoms with Crippen LogP contribution >= 0.6 is 11.3 Å². The number of anilines is 1. The number of imidazole rings is 1. The van der Waals surface area contributed by atoms with Crippen LogP contribution < -0.4 is 4.90 Å². The van der Waals surface area contributed by atoms with Gasteiger partial charge in [-0.2, -0.15) is 13.2 Å². The number of thiazole rings is 1. The molecule has 1 aliphatic heterocycles. The van der Waals surface area contributed by atoms with Gasteiger partial charge in [0.15, 0.2) is 10.8 Å². The van der Waals surface area contributed by atoms with Crippen molar-refractivity contribution < 1.29 is 17.6 Å². The molecule has 2 aromatic heterocycles. The predicted octanol–water partition coefficient (Wildman–Crippen LogP) is 9.52. The molecule has 8 rings (SSSR count).